The molecule has 1 fully saturated rings. The lowest BCUT2D eigenvalue weighted by Gasteiger charge is -2.28. The number of rotatable bonds is 5. The predicted molar refractivity (Wildman–Crippen MR) is 122 cm³/mol. The summed E-state index contributed by atoms with van der Waals surface area (Å²) in [4.78, 5) is 30.6. The summed E-state index contributed by atoms with van der Waals surface area (Å²) in [6, 6.07) is 8.23. The number of carbonyl (C=O) groups is 1. The number of nitrogens with zero attached hydrogens (tertiary/aromatic N) is 4. The van der Waals surface area contributed by atoms with Gasteiger partial charge < -0.3 is 20.1 Å². The molecule has 0 spiro atoms. The minimum atomic E-state index is -0.0277. The number of likely N-dealkylation sites (tertiary alicyclic amines) is 1. The zero-order chi connectivity index (χ0) is 21.4. The molecule has 3 aromatic rings. The standard InChI is InChI=1S/C24H30N6O/c1-25-23-18-11-13-29(2)15-20(18)27-24(28-23)21-8-5-12-30(21)22(31)10-9-16-14-26-19-7-4-3-6-17(16)19/h3-4,6-7,14,21,26H,5,8-13,15H2,1-2H3,(H,25,27,28)/t21-/m0/s1. The Morgan fingerprint density at radius 2 is 2.13 bits per heavy atom. The molecule has 2 aromatic heterocycles. The normalized spacial score (nSPS) is 19.0. The number of anilines is 1. The van der Waals surface area contributed by atoms with Gasteiger partial charge in [-0.15, -0.1) is 0 Å². The number of hydrogen-bond donors (Lipinski definition) is 2. The Bertz CT molecular complexity index is 1110. The first-order chi connectivity index (χ1) is 15.1. The number of amides is 1. The van der Waals surface area contributed by atoms with Crippen LogP contribution in [0.3, 0.4) is 0 Å². The molecule has 0 radical (unpaired) electrons. The van der Waals surface area contributed by atoms with Crippen molar-refractivity contribution < 1.29 is 4.79 Å². The number of aryl methyl sites for hydroxylation is 1. The van der Waals surface area contributed by atoms with Crippen molar-refractivity contribution in [3.63, 3.8) is 0 Å². The summed E-state index contributed by atoms with van der Waals surface area (Å²) in [6.07, 6.45) is 6.16. The van der Waals surface area contributed by atoms with Gasteiger partial charge in [-0.05, 0) is 44.4 Å². The lowest BCUT2D eigenvalue weighted by atomic mass is 10.0. The van der Waals surface area contributed by atoms with Gasteiger partial charge in [0.2, 0.25) is 5.91 Å². The van der Waals surface area contributed by atoms with E-state index in [0.29, 0.717) is 6.42 Å². The Hall–Kier alpha value is -2.93. The first kappa shape index (κ1) is 20.0. The molecule has 7 heteroatoms. The minimum absolute atomic E-state index is 0.0277. The summed E-state index contributed by atoms with van der Waals surface area (Å²) < 4.78 is 0. The first-order valence-electron chi connectivity index (χ1n) is 11.2. The van der Waals surface area contributed by atoms with E-state index in [0.717, 1.165) is 68.2 Å². The fourth-order valence-corrected chi connectivity index (χ4v) is 4.99. The Balaban J connectivity index is 1.34. The molecule has 0 aliphatic carbocycles. The number of fused-ring (bicyclic) bond motifs is 2. The van der Waals surface area contributed by atoms with Crippen molar-refractivity contribution in [2.75, 3.05) is 32.5 Å². The monoisotopic (exact) mass is 418 g/mol. The summed E-state index contributed by atoms with van der Waals surface area (Å²) >= 11 is 0. The zero-order valence-electron chi connectivity index (χ0n) is 18.3. The molecule has 0 unspecified atom stereocenters. The highest BCUT2D eigenvalue weighted by atomic mass is 16.2. The van der Waals surface area contributed by atoms with Gasteiger partial charge in [0.25, 0.3) is 0 Å². The fraction of sp³-hybridized carbons (Fsp3) is 0.458. The molecule has 5 rings (SSSR count). The van der Waals surface area contributed by atoms with Crippen molar-refractivity contribution in [1.29, 1.82) is 0 Å². The van der Waals surface area contributed by atoms with Crippen LogP contribution in [0.2, 0.25) is 0 Å². The molecule has 0 bridgehead atoms. The largest absolute Gasteiger partial charge is 0.373 e. The molecule has 1 amide bonds. The van der Waals surface area contributed by atoms with Gasteiger partial charge in [0, 0.05) is 55.8 Å². The van der Waals surface area contributed by atoms with Crippen LogP contribution in [0.1, 0.15) is 47.9 Å². The maximum Gasteiger partial charge on any atom is 0.223 e. The maximum atomic E-state index is 13.2. The van der Waals surface area contributed by atoms with Crippen LogP contribution in [0.25, 0.3) is 10.9 Å². The number of carbonyl (C=O) groups excluding carboxylic acids is 1. The average Bonchev–Trinajstić information content (AvgIpc) is 3.44. The molecular weight excluding hydrogens is 388 g/mol. The molecule has 0 saturated carbocycles. The summed E-state index contributed by atoms with van der Waals surface area (Å²) in [7, 11) is 4.05. The van der Waals surface area contributed by atoms with Gasteiger partial charge in [0.05, 0.1) is 11.7 Å². The Kier molecular flexibility index (Phi) is 5.36. The Morgan fingerprint density at radius 1 is 1.26 bits per heavy atom. The van der Waals surface area contributed by atoms with E-state index in [4.69, 9.17) is 9.97 Å². The number of nitrogens with one attached hydrogen (secondary N) is 2. The van der Waals surface area contributed by atoms with Gasteiger partial charge in [0.1, 0.15) is 5.82 Å². The smallest absolute Gasteiger partial charge is 0.223 e. The molecule has 31 heavy (non-hydrogen) atoms. The summed E-state index contributed by atoms with van der Waals surface area (Å²) in [5.41, 5.74) is 4.64. The number of hydrogen-bond acceptors (Lipinski definition) is 5. The number of H-pyrrole nitrogens is 1. The number of para-hydroxylation sites is 1. The van der Waals surface area contributed by atoms with Crippen LogP contribution < -0.4 is 5.32 Å². The van der Waals surface area contributed by atoms with Gasteiger partial charge in [-0.2, -0.15) is 0 Å². The maximum absolute atomic E-state index is 13.2. The van der Waals surface area contributed by atoms with Gasteiger partial charge in [-0.3, -0.25) is 4.79 Å². The van der Waals surface area contributed by atoms with Crippen molar-refractivity contribution in [3.8, 4) is 0 Å². The molecule has 162 valence electrons. The van der Waals surface area contributed by atoms with Crippen LogP contribution in [0.4, 0.5) is 5.82 Å². The highest BCUT2D eigenvalue weighted by Gasteiger charge is 2.33. The van der Waals surface area contributed by atoms with Crippen molar-refractivity contribution in [2.24, 2.45) is 0 Å². The van der Waals surface area contributed by atoms with Crippen molar-refractivity contribution in [3.05, 3.63) is 53.1 Å². The van der Waals surface area contributed by atoms with E-state index in [2.05, 4.69) is 34.4 Å². The lowest BCUT2D eigenvalue weighted by molar-refractivity contribution is -0.132. The van der Waals surface area contributed by atoms with Crippen LogP contribution in [0.5, 0.6) is 0 Å². The number of benzene rings is 1. The molecule has 1 atom stereocenters. The SMILES string of the molecule is CNc1nc([C@@H]2CCCN2C(=O)CCc2c[nH]c3ccccc23)nc2c1CCN(C)C2. The van der Waals surface area contributed by atoms with E-state index in [1.807, 2.05) is 30.3 Å². The fourth-order valence-electron chi connectivity index (χ4n) is 4.99. The number of aromatic nitrogens is 3. The second-order valence-electron chi connectivity index (χ2n) is 8.70. The lowest BCUT2D eigenvalue weighted by Crippen LogP contribution is -2.33. The third-order valence-corrected chi connectivity index (χ3v) is 6.66. The molecule has 1 aromatic carbocycles. The van der Waals surface area contributed by atoms with Gasteiger partial charge in [-0.25, -0.2) is 9.97 Å². The van der Waals surface area contributed by atoms with Crippen LogP contribution >= 0.6 is 0 Å². The molecule has 1 saturated heterocycles. The van der Waals surface area contributed by atoms with Crippen molar-refractivity contribution >= 4 is 22.6 Å². The number of aromatic amines is 1. The van der Waals surface area contributed by atoms with Crippen molar-refractivity contribution in [1.82, 2.24) is 24.8 Å². The van der Waals surface area contributed by atoms with Crippen molar-refractivity contribution in [2.45, 2.75) is 44.7 Å². The van der Waals surface area contributed by atoms with Crippen LogP contribution in [-0.4, -0.2) is 57.8 Å². The van der Waals surface area contributed by atoms with E-state index in [1.54, 1.807) is 0 Å². The van der Waals surface area contributed by atoms with E-state index >= 15 is 0 Å². The molecule has 2 aliphatic heterocycles. The quantitative estimate of drug-likeness (QED) is 0.665. The van der Waals surface area contributed by atoms with Gasteiger partial charge in [0.15, 0.2) is 5.82 Å². The van der Waals surface area contributed by atoms with Crippen LogP contribution in [0, 0.1) is 0 Å². The molecule has 4 heterocycles. The summed E-state index contributed by atoms with van der Waals surface area (Å²) in [5, 5.41) is 4.46. The molecule has 2 N–H and O–H groups in total. The molecule has 2 aliphatic rings. The van der Waals surface area contributed by atoms with Crippen LogP contribution in [-0.2, 0) is 24.2 Å². The predicted octanol–water partition coefficient (Wildman–Crippen LogP) is 3.28. The topological polar surface area (TPSA) is 77.1 Å². The summed E-state index contributed by atoms with van der Waals surface area (Å²) in [5.74, 6) is 1.90. The van der Waals surface area contributed by atoms with E-state index in [-0.39, 0.29) is 11.9 Å². The average molecular weight is 419 g/mol. The molecule has 7 nitrogen and oxygen atoms in total. The zero-order valence-corrected chi connectivity index (χ0v) is 18.3. The van der Waals surface area contributed by atoms with Gasteiger partial charge in [-0.1, -0.05) is 18.2 Å². The second kappa shape index (κ2) is 8.30. The van der Waals surface area contributed by atoms with Crippen LogP contribution in [0.15, 0.2) is 30.5 Å². The number of likely N-dealkylation sites (N-methyl/N-ethyl adjacent to an activating group) is 1. The highest BCUT2D eigenvalue weighted by molar-refractivity contribution is 5.84. The highest BCUT2D eigenvalue weighted by Crippen LogP contribution is 2.33. The third-order valence-electron chi connectivity index (χ3n) is 6.66. The Labute approximate surface area is 182 Å². The second-order valence-corrected chi connectivity index (χ2v) is 8.70. The van der Waals surface area contributed by atoms with E-state index < -0.39 is 0 Å². The molecular formula is C24H30N6O. The minimum Gasteiger partial charge on any atom is -0.373 e. The first-order valence-corrected chi connectivity index (χ1v) is 11.2. The third kappa shape index (κ3) is 3.78. The van der Waals surface area contributed by atoms with E-state index in [9.17, 15) is 4.79 Å². The van der Waals surface area contributed by atoms with E-state index in [1.165, 1.54) is 16.5 Å². The Morgan fingerprint density at radius 3 is 3.00 bits per heavy atom. The summed E-state index contributed by atoms with van der Waals surface area (Å²) in [6.45, 7) is 2.64. The van der Waals surface area contributed by atoms with Gasteiger partial charge >= 0.3 is 0 Å².